The van der Waals surface area contributed by atoms with E-state index in [1.165, 1.54) is 75.4 Å². The molecule has 0 heterocycles. The first-order valence-electron chi connectivity index (χ1n) is 27.0. The van der Waals surface area contributed by atoms with E-state index < -0.39 is 16.8 Å². The third-order valence-electron chi connectivity index (χ3n) is 25.7. The highest BCUT2D eigenvalue weighted by atomic mass is 16.5. The molecule has 0 radical (unpaired) electrons. The van der Waals surface area contributed by atoms with Crippen LogP contribution < -0.4 is 5.48 Å². The predicted octanol–water partition coefficient (Wildman–Crippen LogP) is 15.8. The van der Waals surface area contributed by atoms with Crippen molar-refractivity contribution in [2.75, 3.05) is 0 Å². The van der Waals surface area contributed by atoms with Gasteiger partial charge in [0.2, 0.25) is 5.91 Å². The average molecular weight is 908 g/mol. The summed E-state index contributed by atoms with van der Waals surface area (Å²) < 4.78 is 0. The predicted molar refractivity (Wildman–Crippen MR) is 271 cm³/mol. The van der Waals surface area contributed by atoms with Gasteiger partial charge in [0.15, 0.2) is 0 Å². The second kappa shape index (κ2) is 15.9. The summed E-state index contributed by atoms with van der Waals surface area (Å²) >= 11 is 0. The van der Waals surface area contributed by atoms with Crippen LogP contribution in [0.2, 0.25) is 0 Å². The summed E-state index contributed by atoms with van der Waals surface area (Å²) in [6, 6.07) is 0. The molecule has 8 fully saturated rings. The summed E-state index contributed by atoms with van der Waals surface area (Å²) in [6.07, 6.45) is 30.5. The molecule has 66 heavy (non-hydrogen) atoms. The van der Waals surface area contributed by atoms with Crippen molar-refractivity contribution in [1.29, 1.82) is 0 Å². The highest BCUT2D eigenvalue weighted by Gasteiger charge is 2.73. The number of carboxylic acid groups (broad SMARTS) is 1. The van der Waals surface area contributed by atoms with E-state index in [9.17, 15) is 19.9 Å². The summed E-state index contributed by atoms with van der Waals surface area (Å²) in [5.41, 5.74) is 6.00. The summed E-state index contributed by atoms with van der Waals surface area (Å²) in [4.78, 5) is 25.9. The summed E-state index contributed by atoms with van der Waals surface area (Å²) in [5, 5.41) is 20.2. The lowest BCUT2D eigenvalue weighted by Gasteiger charge is -2.72. The van der Waals surface area contributed by atoms with E-state index in [2.05, 4.69) is 126 Å². The van der Waals surface area contributed by atoms with Crippen LogP contribution in [-0.4, -0.2) is 22.2 Å². The van der Waals surface area contributed by atoms with Crippen LogP contribution in [0, 0.1) is 113 Å². The number of allylic oxidation sites excluding steroid dienone is 6. The van der Waals surface area contributed by atoms with Crippen molar-refractivity contribution in [2.24, 2.45) is 113 Å². The van der Waals surface area contributed by atoms with Gasteiger partial charge in [-0.05, 0) is 232 Å². The van der Waals surface area contributed by atoms with Crippen LogP contribution in [0.25, 0.3) is 0 Å². The first-order chi connectivity index (χ1) is 30.2. The van der Waals surface area contributed by atoms with E-state index in [4.69, 9.17) is 0 Å². The third-order valence-corrected chi connectivity index (χ3v) is 25.7. The number of carbonyl (C=O) groups is 2. The van der Waals surface area contributed by atoms with Crippen LogP contribution in [0.15, 0.2) is 48.6 Å². The summed E-state index contributed by atoms with van der Waals surface area (Å²) in [7, 11) is 0. The normalized spacial score (nSPS) is 52.0. The van der Waals surface area contributed by atoms with Gasteiger partial charge in [0, 0.05) is 0 Å². The number of carbonyl (C=O) groups excluding carboxylic acids is 1. The first kappa shape index (κ1) is 50.3. The van der Waals surface area contributed by atoms with Gasteiger partial charge in [-0.15, -0.1) is 0 Å². The molecule has 10 rings (SSSR count). The molecule has 0 aliphatic heterocycles. The number of hydroxylamine groups is 1. The summed E-state index contributed by atoms with van der Waals surface area (Å²) in [5.74, 6) is 4.77. The van der Waals surface area contributed by atoms with E-state index in [1.54, 1.807) is 0 Å². The second-order valence-electron chi connectivity index (χ2n) is 28.3. The maximum Gasteiger partial charge on any atom is 0.309 e. The molecule has 0 aromatic rings. The van der Waals surface area contributed by atoms with E-state index >= 15 is 0 Å². The number of rotatable bonds is 4. The molecule has 5 heteroatoms. The maximum atomic E-state index is 13.2. The van der Waals surface area contributed by atoms with Crippen LogP contribution in [0.5, 0.6) is 0 Å². The van der Waals surface area contributed by atoms with Gasteiger partial charge in [0.1, 0.15) is 0 Å². The molecule has 18 atom stereocenters. The molecular weight excluding hydrogens is 811 g/mol. The Morgan fingerprint density at radius 2 is 0.909 bits per heavy atom. The van der Waals surface area contributed by atoms with Crippen LogP contribution >= 0.6 is 0 Å². The zero-order valence-electron chi connectivity index (χ0n) is 43.4. The van der Waals surface area contributed by atoms with Crippen LogP contribution in [0.3, 0.4) is 0 Å². The Labute approximate surface area is 403 Å². The third kappa shape index (κ3) is 6.36. The fourth-order valence-corrected chi connectivity index (χ4v) is 22.4. The Hall–Kier alpha value is -2.14. The Morgan fingerprint density at radius 1 is 0.515 bits per heavy atom. The number of fused-ring (bicyclic) bond motifs is 14. The van der Waals surface area contributed by atoms with Crippen molar-refractivity contribution < 1.29 is 19.9 Å². The van der Waals surface area contributed by atoms with E-state index in [0.29, 0.717) is 51.2 Å². The van der Waals surface area contributed by atoms with Gasteiger partial charge >= 0.3 is 5.97 Å². The minimum Gasteiger partial charge on any atom is -0.481 e. The number of hydrogen-bond donors (Lipinski definition) is 3. The molecule has 5 nitrogen and oxygen atoms in total. The fraction of sp³-hybridized carbons (Fsp3) is 0.836. The van der Waals surface area contributed by atoms with Gasteiger partial charge in [-0.25, -0.2) is 5.48 Å². The largest absolute Gasteiger partial charge is 0.481 e. The van der Waals surface area contributed by atoms with Gasteiger partial charge in [-0.1, -0.05) is 125 Å². The SMILES string of the molecule is C.C=C(C)[C@@H]1CC[C@]2(C(=O)NO)CC[C@]3(C)[C@H](CC[C@@H]4[C@@]5(C)CC=CC(C)(C)[C@@H]5CC[C@]43C)[C@@H]12.C=C(C)[C@@H]1CC[C@]2(C(=O)O)CC[C@]3(C)[C@H](CC[C@@H]4[C@@]5(C)CC=CC(C)(C)[C@@H]5CC[C@]43C)[C@@H]12. The fourth-order valence-electron chi connectivity index (χ4n) is 22.4. The quantitative estimate of drug-likeness (QED) is 0.149. The van der Waals surface area contributed by atoms with Crippen molar-refractivity contribution in [3.8, 4) is 0 Å². The first-order valence-corrected chi connectivity index (χ1v) is 27.0. The van der Waals surface area contributed by atoms with E-state index in [0.717, 1.165) is 75.0 Å². The molecule has 0 spiro atoms. The molecule has 370 valence electrons. The Balaban J connectivity index is 0.000000177. The van der Waals surface area contributed by atoms with Gasteiger partial charge in [-0.3, -0.25) is 14.8 Å². The molecule has 10 aliphatic rings. The van der Waals surface area contributed by atoms with Crippen molar-refractivity contribution >= 4 is 11.9 Å². The summed E-state index contributed by atoms with van der Waals surface area (Å²) in [6.45, 7) is 38.6. The minimum atomic E-state index is -0.518. The Morgan fingerprint density at radius 3 is 1.30 bits per heavy atom. The van der Waals surface area contributed by atoms with E-state index in [-0.39, 0.29) is 40.9 Å². The van der Waals surface area contributed by atoms with Crippen molar-refractivity contribution in [3.05, 3.63) is 48.6 Å². The number of carboxylic acids is 1. The second-order valence-corrected chi connectivity index (χ2v) is 28.3. The standard InChI is InChI=1S/C30H47NO2.C30H46O2.CH4/c1-19(2)20-11-16-30(25(32)31-33)18-17-28(6)21(24(20)30)9-10-23-27(5)14-8-13-26(3,4)22(27)12-15-29(23,28)7;1-19(2)20-11-16-30(25(31)32)18-17-28(6)21(24(20)30)9-10-23-27(5)14-8-13-26(3,4)22(27)12-15-29(23,28)7;/h8,13,20-24,33H,1,9-12,14-18H2,2-7H3,(H,31,32);8,13,20-24H,1,9-12,14-18H2,2-7H3,(H,31,32);1H4/t2*20-,21+,22-,23+,24+,27-,28+,29+,30-;/m00./s1. The van der Waals surface area contributed by atoms with Gasteiger partial charge in [0.05, 0.1) is 10.8 Å². The lowest BCUT2D eigenvalue weighted by atomic mass is 9.33. The Kier molecular flexibility index (Phi) is 12.1. The molecular formula is C61H97NO4. The number of hydrogen-bond acceptors (Lipinski definition) is 3. The molecule has 8 saturated carbocycles. The van der Waals surface area contributed by atoms with Crippen LogP contribution in [-0.2, 0) is 9.59 Å². The monoisotopic (exact) mass is 908 g/mol. The molecule has 0 aromatic carbocycles. The molecule has 1 amide bonds. The molecule has 0 bridgehead atoms. The average Bonchev–Trinajstić information content (AvgIpc) is 3.82. The van der Waals surface area contributed by atoms with Gasteiger partial charge in [-0.2, -0.15) is 0 Å². The van der Waals surface area contributed by atoms with Crippen molar-refractivity contribution in [1.82, 2.24) is 5.48 Å². The number of aliphatic carboxylic acids is 1. The minimum absolute atomic E-state index is 0. The van der Waals surface area contributed by atoms with Gasteiger partial charge < -0.3 is 5.11 Å². The number of amides is 1. The van der Waals surface area contributed by atoms with Crippen LogP contribution in [0.4, 0.5) is 0 Å². The zero-order valence-corrected chi connectivity index (χ0v) is 43.4. The lowest BCUT2D eigenvalue weighted by molar-refractivity contribution is -0.228. The topological polar surface area (TPSA) is 86.6 Å². The molecule has 0 aromatic heterocycles. The van der Waals surface area contributed by atoms with Gasteiger partial charge in [0.25, 0.3) is 0 Å². The zero-order chi connectivity index (χ0) is 47.3. The molecule has 0 saturated heterocycles. The molecule has 0 unspecified atom stereocenters. The lowest BCUT2D eigenvalue weighted by Crippen LogP contribution is -2.66. The highest BCUT2D eigenvalue weighted by Crippen LogP contribution is 2.79. The smallest absolute Gasteiger partial charge is 0.309 e. The molecule has 3 N–H and O–H groups in total. The maximum absolute atomic E-state index is 13.2. The highest BCUT2D eigenvalue weighted by molar-refractivity contribution is 5.83. The molecule has 10 aliphatic carbocycles. The Bertz CT molecular complexity index is 2040. The number of nitrogens with one attached hydrogen (secondary N) is 1. The van der Waals surface area contributed by atoms with Crippen LogP contribution in [0.1, 0.15) is 206 Å². The van der Waals surface area contributed by atoms with Crippen molar-refractivity contribution in [2.45, 2.75) is 206 Å². The van der Waals surface area contributed by atoms with Crippen molar-refractivity contribution in [3.63, 3.8) is 0 Å². The van der Waals surface area contributed by atoms with E-state index in [1.807, 2.05) is 0 Å².